The highest BCUT2D eigenvalue weighted by atomic mass is 16.5. The second-order valence-electron chi connectivity index (χ2n) is 6.35. The first-order chi connectivity index (χ1) is 10.4. The first-order valence-electron chi connectivity index (χ1n) is 7.89. The van der Waals surface area contributed by atoms with E-state index in [9.17, 15) is 9.90 Å². The summed E-state index contributed by atoms with van der Waals surface area (Å²) in [6, 6.07) is 6.08. The number of fused-ring (bicyclic) bond motifs is 1. The van der Waals surface area contributed by atoms with Gasteiger partial charge in [0.25, 0.3) is 0 Å². The van der Waals surface area contributed by atoms with E-state index in [2.05, 4.69) is 11.4 Å². The van der Waals surface area contributed by atoms with Gasteiger partial charge < -0.3 is 20.1 Å². The third-order valence-corrected chi connectivity index (χ3v) is 3.69. The molecule has 1 aromatic carbocycles. The van der Waals surface area contributed by atoms with E-state index in [-0.39, 0.29) is 6.03 Å². The number of nitrogens with zero attached hydrogens (tertiary/aromatic N) is 1. The average molecular weight is 306 g/mol. The van der Waals surface area contributed by atoms with Crippen molar-refractivity contribution in [2.45, 2.75) is 39.2 Å². The predicted octanol–water partition coefficient (Wildman–Crippen LogP) is 1.97. The van der Waals surface area contributed by atoms with Crippen molar-refractivity contribution in [3.8, 4) is 5.75 Å². The molecule has 0 radical (unpaired) electrons. The summed E-state index contributed by atoms with van der Waals surface area (Å²) in [4.78, 5) is 13.7. The van der Waals surface area contributed by atoms with Gasteiger partial charge >= 0.3 is 6.03 Å². The van der Waals surface area contributed by atoms with Crippen molar-refractivity contribution in [3.05, 3.63) is 29.3 Å². The molecule has 1 aliphatic rings. The summed E-state index contributed by atoms with van der Waals surface area (Å²) in [6.45, 7) is 7.56. The molecule has 1 heterocycles. The second kappa shape index (κ2) is 7.01. The molecule has 1 aromatic rings. The monoisotopic (exact) mass is 306 g/mol. The summed E-state index contributed by atoms with van der Waals surface area (Å²) in [5, 5.41) is 12.7. The lowest BCUT2D eigenvalue weighted by molar-refractivity contribution is 0.0480. The lowest BCUT2D eigenvalue weighted by atomic mass is 10.1. The number of benzene rings is 1. The number of ether oxygens (including phenoxy) is 1. The minimum atomic E-state index is -0.882. The zero-order valence-corrected chi connectivity index (χ0v) is 13.7. The summed E-state index contributed by atoms with van der Waals surface area (Å²) in [7, 11) is 0. The second-order valence-corrected chi connectivity index (χ2v) is 6.35. The fourth-order valence-corrected chi connectivity index (χ4v) is 2.62. The van der Waals surface area contributed by atoms with Gasteiger partial charge in [-0.15, -0.1) is 0 Å². The summed E-state index contributed by atoms with van der Waals surface area (Å²) in [5.74, 6) is 0.982. The van der Waals surface area contributed by atoms with E-state index >= 15 is 0 Å². The average Bonchev–Trinajstić information content (AvgIpc) is 2.91. The molecule has 0 aliphatic carbocycles. The third-order valence-electron chi connectivity index (χ3n) is 3.69. The van der Waals surface area contributed by atoms with Crippen LogP contribution >= 0.6 is 0 Å². The van der Waals surface area contributed by atoms with Crippen molar-refractivity contribution < 1.29 is 14.6 Å². The van der Waals surface area contributed by atoms with Crippen molar-refractivity contribution in [1.29, 1.82) is 0 Å². The van der Waals surface area contributed by atoms with Crippen LogP contribution in [0.15, 0.2) is 18.2 Å². The van der Waals surface area contributed by atoms with Crippen molar-refractivity contribution >= 4 is 6.03 Å². The Hall–Kier alpha value is -1.75. The number of rotatable bonds is 6. The topological polar surface area (TPSA) is 61.8 Å². The smallest absolute Gasteiger partial charge is 0.317 e. The molecule has 0 unspecified atom stereocenters. The Kier molecular flexibility index (Phi) is 5.29. The number of nitrogens with one attached hydrogen (secondary N) is 1. The summed E-state index contributed by atoms with van der Waals surface area (Å²) in [6.07, 6.45) is 1.75. The van der Waals surface area contributed by atoms with Crippen molar-refractivity contribution in [2.75, 3.05) is 26.2 Å². The van der Waals surface area contributed by atoms with E-state index in [1.54, 1.807) is 18.7 Å². The Balaban J connectivity index is 1.81. The van der Waals surface area contributed by atoms with Crippen LogP contribution < -0.4 is 10.1 Å². The van der Waals surface area contributed by atoms with Crippen LogP contribution in [0.2, 0.25) is 0 Å². The van der Waals surface area contributed by atoms with Crippen LogP contribution in [0, 0.1) is 0 Å². The molecule has 5 heteroatoms. The number of aliphatic hydroxyl groups is 1. The normalized spacial score (nSPS) is 13.5. The van der Waals surface area contributed by atoms with Crippen molar-refractivity contribution in [2.24, 2.45) is 0 Å². The maximum absolute atomic E-state index is 12.1. The molecule has 0 fully saturated rings. The quantitative estimate of drug-likeness (QED) is 0.844. The van der Waals surface area contributed by atoms with Gasteiger partial charge in [-0.2, -0.15) is 0 Å². The van der Waals surface area contributed by atoms with Crippen LogP contribution in [0.3, 0.4) is 0 Å². The van der Waals surface area contributed by atoms with Gasteiger partial charge in [-0.1, -0.05) is 12.1 Å². The Morgan fingerprint density at radius 3 is 2.91 bits per heavy atom. The molecule has 1 aliphatic heterocycles. The van der Waals surface area contributed by atoms with Crippen molar-refractivity contribution in [3.63, 3.8) is 0 Å². The minimum Gasteiger partial charge on any atom is -0.493 e. The van der Waals surface area contributed by atoms with Gasteiger partial charge in [0.1, 0.15) is 5.75 Å². The fourth-order valence-electron chi connectivity index (χ4n) is 2.62. The molecule has 122 valence electrons. The van der Waals surface area contributed by atoms with Gasteiger partial charge in [0.15, 0.2) is 0 Å². The van der Waals surface area contributed by atoms with Crippen LogP contribution in [-0.2, 0) is 12.8 Å². The van der Waals surface area contributed by atoms with E-state index in [0.29, 0.717) is 19.6 Å². The Morgan fingerprint density at radius 2 is 2.23 bits per heavy atom. The van der Waals surface area contributed by atoms with Crippen LogP contribution in [0.4, 0.5) is 4.79 Å². The molecule has 2 amide bonds. The van der Waals surface area contributed by atoms with E-state index in [4.69, 9.17) is 4.74 Å². The van der Waals surface area contributed by atoms with Gasteiger partial charge in [0, 0.05) is 19.5 Å². The Labute approximate surface area is 132 Å². The molecule has 22 heavy (non-hydrogen) atoms. The first-order valence-corrected chi connectivity index (χ1v) is 7.89. The zero-order valence-electron chi connectivity index (χ0n) is 13.7. The van der Waals surface area contributed by atoms with Crippen LogP contribution in [0.25, 0.3) is 0 Å². The largest absolute Gasteiger partial charge is 0.493 e. The van der Waals surface area contributed by atoms with Crippen molar-refractivity contribution in [1.82, 2.24) is 10.2 Å². The summed E-state index contributed by atoms with van der Waals surface area (Å²) in [5.41, 5.74) is 1.57. The lowest BCUT2D eigenvalue weighted by Gasteiger charge is -2.28. The third kappa shape index (κ3) is 4.63. The molecule has 0 spiro atoms. The number of hydrogen-bond acceptors (Lipinski definition) is 3. The highest BCUT2D eigenvalue weighted by molar-refractivity contribution is 5.74. The number of urea groups is 1. The number of amides is 2. The fraction of sp³-hybridized carbons (Fsp3) is 0.588. The molecule has 0 saturated heterocycles. The Bertz CT molecular complexity index is 523. The molecule has 0 aromatic heterocycles. The summed E-state index contributed by atoms with van der Waals surface area (Å²) < 4.78 is 5.49. The minimum absolute atomic E-state index is 0.130. The number of likely N-dealkylation sites (N-methyl/N-ethyl adjacent to an activating group) is 1. The molecule has 5 nitrogen and oxygen atoms in total. The van der Waals surface area contributed by atoms with Gasteiger partial charge in [0.2, 0.25) is 0 Å². The molecule has 2 rings (SSSR count). The lowest BCUT2D eigenvalue weighted by Crippen LogP contribution is -2.47. The maximum Gasteiger partial charge on any atom is 0.317 e. The number of carbonyl (C=O) groups excluding carboxylic acids is 1. The highest BCUT2D eigenvalue weighted by Gasteiger charge is 2.20. The zero-order chi connectivity index (χ0) is 16.2. The predicted molar refractivity (Wildman–Crippen MR) is 86.3 cm³/mol. The standard InChI is InChI=1S/C17H26N2O3/c1-4-19(12-17(2,3)21)16(20)18-9-7-13-5-6-15-14(11-13)8-10-22-15/h5-6,11,21H,4,7-10,12H2,1-3H3,(H,18,20). The van der Waals surface area contributed by atoms with E-state index in [0.717, 1.165) is 25.2 Å². The van der Waals surface area contributed by atoms with Crippen LogP contribution in [-0.4, -0.2) is 47.9 Å². The van der Waals surface area contributed by atoms with Gasteiger partial charge in [-0.3, -0.25) is 0 Å². The Morgan fingerprint density at radius 1 is 1.45 bits per heavy atom. The number of carbonyl (C=O) groups is 1. The molecular weight excluding hydrogens is 280 g/mol. The number of hydrogen-bond donors (Lipinski definition) is 2. The van der Waals surface area contributed by atoms with E-state index in [1.807, 2.05) is 19.1 Å². The van der Waals surface area contributed by atoms with E-state index < -0.39 is 5.60 Å². The van der Waals surface area contributed by atoms with Crippen LogP contribution in [0.5, 0.6) is 5.75 Å². The molecule has 0 saturated carbocycles. The molecular formula is C17H26N2O3. The van der Waals surface area contributed by atoms with Gasteiger partial charge in [-0.05, 0) is 44.4 Å². The van der Waals surface area contributed by atoms with Gasteiger partial charge in [-0.25, -0.2) is 4.79 Å². The molecule has 0 atom stereocenters. The van der Waals surface area contributed by atoms with Gasteiger partial charge in [0.05, 0.1) is 18.8 Å². The maximum atomic E-state index is 12.1. The molecule has 0 bridgehead atoms. The molecule has 2 N–H and O–H groups in total. The van der Waals surface area contributed by atoms with Crippen LogP contribution in [0.1, 0.15) is 31.9 Å². The summed E-state index contributed by atoms with van der Waals surface area (Å²) >= 11 is 0. The highest BCUT2D eigenvalue weighted by Crippen LogP contribution is 2.25. The first kappa shape index (κ1) is 16.6. The SMILES string of the molecule is CCN(CC(C)(C)O)C(=O)NCCc1ccc2c(c1)CCO2. The van der Waals surface area contributed by atoms with E-state index in [1.165, 1.54) is 11.1 Å².